The minimum absolute atomic E-state index is 0.0241. The summed E-state index contributed by atoms with van der Waals surface area (Å²) in [6.07, 6.45) is 4.53. The molecule has 3 heterocycles. The second-order valence-electron chi connectivity index (χ2n) is 6.86. The Labute approximate surface area is 163 Å². The standard InChI is InChI=1S/C22H23N3O3/c1-3-7-14-10-15(11-18(22(14)27)28-4-2)16-12-20(26)23-13-17-21(16)25-9-6-5-8-19(25)24-17/h3,5-6,8-11,16,27H,1,4,7,12-13H2,2H3,(H,23,26)/t16-/m1/s1. The molecule has 28 heavy (non-hydrogen) atoms. The molecule has 0 saturated heterocycles. The van der Waals surface area contributed by atoms with Crippen LogP contribution in [0.5, 0.6) is 11.5 Å². The van der Waals surface area contributed by atoms with Crippen LogP contribution in [0.2, 0.25) is 0 Å². The summed E-state index contributed by atoms with van der Waals surface area (Å²) < 4.78 is 7.71. The Hall–Kier alpha value is -3.28. The number of nitrogens with zero attached hydrogens (tertiary/aromatic N) is 2. The van der Waals surface area contributed by atoms with E-state index in [1.165, 1.54) is 0 Å². The Bertz CT molecular complexity index is 1050. The van der Waals surface area contributed by atoms with Gasteiger partial charge in [0.1, 0.15) is 5.65 Å². The van der Waals surface area contributed by atoms with E-state index in [4.69, 9.17) is 9.72 Å². The van der Waals surface area contributed by atoms with Crippen LogP contribution in [0.15, 0.2) is 49.2 Å². The molecule has 6 nitrogen and oxygen atoms in total. The molecule has 0 unspecified atom stereocenters. The van der Waals surface area contributed by atoms with Gasteiger partial charge in [-0.25, -0.2) is 4.98 Å². The van der Waals surface area contributed by atoms with Crippen LogP contribution in [0.25, 0.3) is 5.65 Å². The Morgan fingerprint density at radius 3 is 3.07 bits per heavy atom. The highest BCUT2D eigenvalue weighted by Gasteiger charge is 2.30. The molecule has 144 valence electrons. The highest BCUT2D eigenvalue weighted by Crippen LogP contribution is 2.39. The van der Waals surface area contributed by atoms with Crippen LogP contribution in [0, 0.1) is 0 Å². The van der Waals surface area contributed by atoms with E-state index in [1.807, 2.05) is 47.9 Å². The summed E-state index contributed by atoms with van der Waals surface area (Å²) in [4.78, 5) is 17.1. The molecule has 4 rings (SSSR count). The van der Waals surface area contributed by atoms with E-state index < -0.39 is 0 Å². The number of phenolic OH excluding ortho intramolecular Hbond substituents is 1. The number of ether oxygens (including phenoxy) is 1. The molecular formula is C22H23N3O3. The van der Waals surface area contributed by atoms with Gasteiger partial charge in [-0.1, -0.05) is 18.2 Å². The third kappa shape index (κ3) is 3.11. The summed E-state index contributed by atoms with van der Waals surface area (Å²) >= 11 is 0. The molecule has 1 aromatic carbocycles. The quantitative estimate of drug-likeness (QED) is 0.669. The second-order valence-corrected chi connectivity index (χ2v) is 6.86. The molecule has 1 atom stereocenters. The molecule has 0 saturated carbocycles. The van der Waals surface area contributed by atoms with Crippen LogP contribution in [0.1, 0.15) is 41.8 Å². The van der Waals surface area contributed by atoms with Crippen LogP contribution in [-0.4, -0.2) is 27.0 Å². The normalized spacial score (nSPS) is 16.3. The Balaban J connectivity index is 1.92. The number of hydrogen-bond acceptors (Lipinski definition) is 4. The molecule has 1 amide bonds. The highest BCUT2D eigenvalue weighted by atomic mass is 16.5. The number of rotatable bonds is 5. The van der Waals surface area contributed by atoms with E-state index in [9.17, 15) is 9.90 Å². The third-order valence-electron chi connectivity index (χ3n) is 5.06. The molecule has 1 aliphatic rings. The average molecular weight is 377 g/mol. The van der Waals surface area contributed by atoms with E-state index in [0.717, 1.165) is 28.2 Å². The van der Waals surface area contributed by atoms with Crippen molar-refractivity contribution in [1.29, 1.82) is 0 Å². The first-order chi connectivity index (χ1) is 13.6. The van der Waals surface area contributed by atoms with E-state index in [0.29, 0.717) is 31.7 Å². The van der Waals surface area contributed by atoms with Gasteiger partial charge >= 0.3 is 0 Å². The van der Waals surface area contributed by atoms with Crippen LogP contribution >= 0.6 is 0 Å². The molecule has 0 radical (unpaired) electrons. The van der Waals surface area contributed by atoms with Crippen molar-refractivity contribution in [2.24, 2.45) is 0 Å². The molecule has 0 fully saturated rings. The summed E-state index contributed by atoms with van der Waals surface area (Å²) in [5, 5.41) is 13.5. The SMILES string of the molecule is C=CCc1cc([C@H]2CC(=O)NCc3nc4ccccn4c32)cc(OCC)c1O. The minimum atomic E-state index is -0.196. The summed E-state index contributed by atoms with van der Waals surface area (Å²) in [6.45, 7) is 6.50. The fourth-order valence-corrected chi connectivity index (χ4v) is 3.84. The predicted octanol–water partition coefficient (Wildman–Crippen LogP) is 3.32. The Morgan fingerprint density at radius 2 is 2.29 bits per heavy atom. The van der Waals surface area contributed by atoms with E-state index >= 15 is 0 Å². The summed E-state index contributed by atoms with van der Waals surface area (Å²) in [6, 6.07) is 9.64. The van der Waals surface area contributed by atoms with Gasteiger partial charge in [0.2, 0.25) is 5.91 Å². The smallest absolute Gasteiger partial charge is 0.221 e. The molecule has 0 spiro atoms. The first kappa shape index (κ1) is 18.1. The molecule has 2 aromatic heterocycles. The van der Waals surface area contributed by atoms with Crippen LogP contribution in [0.3, 0.4) is 0 Å². The van der Waals surface area contributed by atoms with Crippen molar-refractivity contribution in [3.8, 4) is 11.5 Å². The van der Waals surface area contributed by atoms with Gasteiger partial charge in [-0.2, -0.15) is 0 Å². The van der Waals surface area contributed by atoms with Gasteiger partial charge in [0, 0.05) is 24.1 Å². The molecular weight excluding hydrogens is 354 g/mol. The summed E-state index contributed by atoms with van der Waals surface area (Å²) in [5.74, 6) is 0.334. The predicted molar refractivity (Wildman–Crippen MR) is 107 cm³/mol. The number of aromatic hydroxyl groups is 1. The number of nitrogens with one attached hydrogen (secondary N) is 1. The lowest BCUT2D eigenvalue weighted by atomic mass is 9.89. The molecule has 6 heteroatoms. The lowest BCUT2D eigenvalue weighted by molar-refractivity contribution is -0.121. The fraction of sp³-hybridized carbons (Fsp3) is 0.273. The van der Waals surface area contributed by atoms with Gasteiger partial charge in [0.25, 0.3) is 0 Å². The van der Waals surface area contributed by atoms with Gasteiger partial charge in [-0.3, -0.25) is 4.79 Å². The summed E-state index contributed by atoms with van der Waals surface area (Å²) in [7, 11) is 0. The largest absolute Gasteiger partial charge is 0.504 e. The number of allylic oxidation sites excluding steroid dienone is 1. The van der Waals surface area contributed by atoms with Crippen LogP contribution < -0.4 is 10.1 Å². The summed E-state index contributed by atoms with van der Waals surface area (Å²) in [5.41, 5.74) is 4.35. The van der Waals surface area contributed by atoms with Crippen LogP contribution in [0.4, 0.5) is 0 Å². The van der Waals surface area contributed by atoms with Crippen molar-refractivity contribution in [3.63, 3.8) is 0 Å². The monoisotopic (exact) mass is 377 g/mol. The molecule has 2 N–H and O–H groups in total. The topological polar surface area (TPSA) is 75.9 Å². The molecule has 0 aliphatic carbocycles. The van der Waals surface area contributed by atoms with Crippen molar-refractivity contribution in [1.82, 2.24) is 14.7 Å². The number of carbonyl (C=O) groups excluding carboxylic acids is 1. The maximum Gasteiger partial charge on any atom is 0.221 e. The number of aromatic nitrogens is 2. The molecule has 0 bridgehead atoms. The number of phenols is 1. The molecule has 3 aromatic rings. The number of pyridine rings is 1. The highest BCUT2D eigenvalue weighted by molar-refractivity contribution is 5.78. The van der Waals surface area contributed by atoms with Crippen LogP contribution in [-0.2, 0) is 17.8 Å². The number of imidazole rings is 1. The van der Waals surface area contributed by atoms with Crippen molar-refractivity contribution in [2.45, 2.75) is 32.2 Å². The Morgan fingerprint density at radius 1 is 1.43 bits per heavy atom. The average Bonchev–Trinajstić information content (AvgIpc) is 2.97. The lowest BCUT2D eigenvalue weighted by Gasteiger charge is -2.19. The van der Waals surface area contributed by atoms with Gasteiger partial charge in [0.15, 0.2) is 11.5 Å². The Kier molecular flexibility index (Phi) is 4.77. The van der Waals surface area contributed by atoms with Crippen molar-refractivity contribution in [2.75, 3.05) is 6.61 Å². The lowest BCUT2D eigenvalue weighted by Crippen LogP contribution is -2.21. The second kappa shape index (κ2) is 7.38. The zero-order chi connectivity index (χ0) is 19.7. The van der Waals surface area contributed by atoms with Gasteiger partial charge in [-0.15, -0.1) is 6.58 Å². The number of fused-ring (bicyclic) bond motifs is 3. The third-order valence-corrected chi connectivity index (χ3v) is 5.06. The number of amides is 1. The van der Waals surface area contributed by atoms with Gasteiger partial charge in [0.05, 0.1) is 24.5 Å². The zero-order valence-corrected chi connectivity index (χ0v) is 15.8. The van der Waals surface area contributed by atoms with E-state index in [-0.39, 0.29) is 17.6 Å². The first-order valence-electron chi connectivity index (χ1n) is 9.44. The zero-order valence-electron chi connectivity index (χ0n) is 15.8. The van der Waals surface area contributed by atoms with E-state index in [1.54, 1.807) is 6.08 Å². The molecule has 1 aliphatic heterocycles. The maximum absolute atomic E-state index is 12.4. The van der Waals surface area contributed by atoms with Gasteiger partial charge < -0.3 is 19.6 Å². The van der Waals surface area contributed by atoms with Gasteiger partial charge in [-0.05, 0) is 37.1 Å². The number of benzene rings is 1. The van der Waals surface area contributed by atoms with Crippen molar-refractivity contribution >= 4 is 11.6 Å². The van der Waals surface area contributed by atoms with Crippen molar-refractivity contribution < 1.29 is 14.6 Å². The van der Waals surface area contributed by atoms with Crippen molar-refractivity contribution in [3.05, 3.63) is 71.7 Å². The van der Waals surface area contributed by atoms with E-state index in [2.05, 4.69) is 11.9 Å². The number of carbonyl (C=O) groups is 1. The fourth-order valence-electron chi connectivity index (χ4n) is 3.84. The first-order valence-corrected chi connectivity index (χ1v) is 9.44. The minimum Gasteiger partial charge on any atom is -0.504 e. The maximum atomic E-state index is 12.4. The number of hydrogen-bond donors (Lipinski definition) is 2.